The minimum atomic E-state index is 1.21. The van der Waals surface area contributed by atoms with E-state index in [0.717, 1.165) is 0 Å². The largest absolute Gasteiger partial charge is 0.378 e. The van der Waals surface area contributed by atoms with Crippen LogP contribution in [-0.4, -0.2) is 38.0 Å². The van der Waals surface area contributed by atoms with Gasteiger partial charge in [0, 0.05) is 38.7 Å². The predicted molar refractivity (Wildman–Crippen MR) is 75.1 cm³/mol. The first-order valence-corrected chi connectivity index (χ1v) is 6.29. The number of allylic oxidation sites excluding steroid dienone is 1. The van der Waals surface area contributed by atoms with E-state index in [-0.39, 0.29) is 0 Å². The van der Waals surface area contributed by atoms with Crippen molar-refractivity contribution in [2.45, 2.75) is 12.8 Å². The lowest BCUT2D eigenvalue weighted by molar-refractivity contribution is -0.500. The van der Waals surface area contributed by atoms with E-state index in [2.05, 4.69) is 66.2 Å². The second-order valence-corrected chi connectivity index (χ2v) is 4.74. The van der Waals surface area contributed by atoms with E-state index in [1.807, 2.05) is 0 Å². The fourth-order valence-electron chi connectivity index (χ4n) is 2.05. The minimum Gasteiger partial charge on any atom is -0.378 e. The number of hydrogen-bond acceptors (Lipinski definition) is 1. The molecule has 0 bridgehead atoms. The van der Waals surface area contributed by atoms with Gasteiger partial charge in [0.1, 0.15) is 13.1 Å². The van der Waals surface area contributed by atoms with E-state index in [4.69, 9.17) is 0 Å². The van der Waals surface area contributed by atoms with Crippen molar-refractivity contribution in [2.24, 2.45) is 0 Å². The lowest BCUT2D eigenvalue weighted by atomic mass is 10.2. The van der Waals surface area contributed by atoms with Gasteiger partial charge in [-0.2, -0.15) is 0 Å². The van der Waals surface area contributed by atoms with Crippen molar-refractivity contribution in [1.82, 2.24) is 0 Å². The van der Waals surface area contributed by atoms with Crippen molar-refractivity contribution in [1.29, 1.82) is 0 Å². The van der Waals surface area contributed by atoms with Gasteiger partial charge < -0.3 is 4.90 Å². The number of hydrogen-bond donors (Lipinski definition) is 0. The summed E-state index contributed by atoms with van der Waals surface area (Å²) in [5.74, 6) is 0. The van der Waals surface area contributed by atoms with Gasteiger partial charge in [-0.15, -0.1) is 0 Å². The average molecular weight is 229 g/mol. The van der Waals surface area contributed by atoms with E-state index in [1.54, 1.807) is 0 Å². The molecule has 1 aliphatic heterocycles. The molecule has 0 spiro atoms. The standard InChI is InChI=1S/C15H21N2/c1-16(2)15-9-7-14(8-10-15)6-5-13-17-11-3-4-12-17/h5-10,13H,3-4,11-12H2,1-2H3/q+1. The van der Waals surface area contributed by atoms with Crippen molar-refractivity contribution < 1.29 is 4.58 Å². The Morgan fingerprint density at radius 2 is 1.71 bits per heavy atom. The van der Waals surface area contributed by atoms with E-state index < -0.39 is 0 Å². The topological polar surface area (TPSA) is 6.25 Å². The molecule has 90 valence electrons. The molecule has 2 rings (SSSR count). The van der Waals surface area contributed by atoms with Crippen LogP contribution in [0.5, 0.6) is 0 Å². The third kappa shape index (κ3) is 3.45. The van der Waals surface area contributed by atoms with Gasteiger partial charge in [-0.3, -0.25) is 0 Å². The Labute approximate surface area is 104 Å². The summed E-state index contributed by atoms with van der Waals surface area (Å²) in [7, 11) is 4.12. The molecule has 2 nitrogen and oxygen atoms in total. The van der Waals surface area contributed by atoms with E-state index in [9.17, 15) is 0 Å². The van der Waals surface area contributed by atoms with Gasteiger partial charge in [-0.25, -0.2) is 4.58 Å². The Hall–Kier alpha value is -1.57. The highest BCUT2D eigenvalue weighted by Crippen LogP contribution is 2.12. The summed E-state index contributed by atoms with van der Waals surface area (Å²) in [5.41, 5.74) is 2.50. The summed E-state index contributed by atoms with van der Waals surface area (Å²) in [6, 6.07) is 8.61. The molecule has 1 aliphatic rings. The Kier molecular flexibility index (Phi) is 3.97. The molecule has 0 radical (unpaired) electrons. The zero-order valence-corrected chi connectivity index (χ0v) is 10.8. The van der Waals surface area contributed by atoms with Crippen LogP contribution in [0.4, 0.5) is 5.69 Å². The molecule has 1 aromatic carbocycles. The molecule has 1 saturated heterocycles. The monoisotopic (exact) mass is 229 g/mol. The second-order valence-electron chi connectivity index (χ2n) is 4.74. The molecular formula is C15H21N2+. The van der Waals surface area contributed by atoms with Gasteiger partial charge >= 0.3 is 0 Å². The lowest BCUT2D eigenvalue weighted by Crippen LogP contribution is -2.07. The fraction of sp³-hybridized carbons (Fsp3) is 0.400. The first-order valence-electron chi connectivity index (χ1n) is 6.29. The maximum absolute atomic E-state index is 2.38. The lowest BCUT2D eigenvalue weighted by Gasteiger charge is -2.11. The molecule has 1 fully saturated rings. The maximum atomic E-state index is 2.38. The third-order valence-corrected chi connectivity index (χ3v) is 3.14. The summed E-state index contributed by atoms with van der Waals surface area (Å²) in [6.45, 7) is 2.42. The predicted octanol–water partition coefficient (Wildman–Crippen LogP) is 2.64. The SMILES string of the molecule is CN(C)c1ccc(/C=C/C=[N+]2CCCC2)cc1. The van der Waals surface area contributed by atoms with E-state index in [1.165, 1.54) is 37.2 Å². The first kappa shape index (κ1) is 11.9. The highest BCUT2D eigenvalue weighted by Gasteiger charge is 2.10. The molecule has 0 saturated carbocycles. The summed E-state index contributed by atoms with van der Waals surface area (Å²) in [6.07, 6.45) is 9.18. The van der Waals surface area contributed by atoms with Crippen molar-refractivity contribution >= 4 is 18.0 Å². The molecule has 17 heavy (non-hydrogen) atoms. The van der Waals surface area contributed by atoms with Gasteiger partial charge in [0.15, 0.2) is 6.21 Å². The van der Waals surface area contributed by atoms with Crippen LogP contribution in [0.1, 0.15) is 18.4 Å². The number of benzene rings is 1. The van der Waals surface area contributed by atoms with Crippen LogP contribution in [0, 0.1) is 0 Å². The Morgan fingerprint density at radius 3 is 2.29 bits per heavy atom. The van der Waals surface area contributed by atoms with Gasteiger partial charge in [0.05, 0.1) is 0 Å². The zero-order chi connectivity index (χ0) is 12.1. The average Bonchev–Trinajstić information content (AvgIpc) is 2.83. The van der Waals surface area contributed by atoms with Crippen molar-refractivity contribution in [3.63, 3.8) is 0 Å². The quantitative estimate of drug-likeness (QED) is 0.722. The molecule has 0 aliphatic carbocycles. The number of anilines is 1. The van der Waals surface area contributed by atoms with Crippen LogP contribution in [0.15, 0.2) is 30.3 Å². The molecule has 0 amide bonds. The van der Waals surface area contributed by atoms with Crippen LogP contribution >= 0.6 is 0 Å². The Morgan fingerprint density at radius 1 is 1.06 bits per heavy atom. The summed E-state index contributed by atoms with van der Waals surface area (Å²) >= 11 is 0. The Balaban J connectivity index is 1.98. The van der Waals surface area contributed by atoms with Crippen LogP contribution in [0.3, 0.4) is 0 Å². The number of nitrogens with zero attached hydrogens (tertiary/aromatic N) is 2. The molecule has 0 unspecified atom stereocenters. The van der Waals surface area contributed by atoms with Gasteiger partial charge in [-0.1, -0.05) is 12.1 Å². The van der Waals surface area contributed by atoms with Gasteiger partial charge in [-0.05, 0) is 23.8 Å². The van der Waals surface area contributed by atoms with Crippen LogP contribution in [-0.2, 0) is 0 Å². The first-order chi connectivity index (χ1) is 8.25. The van der Waals surface area contributed by atoms with Crippen LogP contribution < -0.4 is 4.90 Å². The normalized spacial score (nSPS) is 15.5. The molecule has 2 heteroatoms. The highest BCUT2D eigenvalue weighted by atomic mass is 15.1. The van der Waals surface area contributed by atoms with Crippen molar-refractivity contribution in [3.05, 3.63) is 35.9 Å². The summed E-state index contributed by atoms with van der Waals surface area (Å²) in [4.78, 5) is 2.11. The molecular weight excluding hydrogens is 208 g/mol. The van der Waals surface area contributed by atoms with Gasteiger partial charge in [0.2, 0.25) is 0 Å². The minimum absolute atomic E-state index is 1.21. The van der Waals surface area contributed by atoms with E-state index >= 15 is 0 Å². The van der Waals surface area contributed by atoms with Crippen molar-refractivity contribution in [3.8, 4) is 0 Å². The zero-order valence-electron chi connectivity index (χ0n) is 10.8. The summed E-state index contributed by atoms with van der Waals surface area (Å²) < 4.78 is 2.38. The van der Waals surface area contributed by atoms with Crippen molar-refractivity contribution in [2.75, 3.05) is 32.1 Å². The molecule has 0 aromatic heterocycles. The molecule has 0 N–H and O–H groups in total. The molecule has 1 heterocycles. The van der Waals surface area contributed by atoms with E-state index in [0.29, 0.717) is 0 Å². The third-order valence-electron chi connectivity index (χ3n) is 3.14. The Bertz CT molecular complexity index is 405. The maximum Gasteiger partial charge on any atom is 0.163 e. The van der Waals surface area contributed by atoms with Crippen LogP contribution in [0.2, 0.25) is 0 Å². The van der Waals surface area contributed by atoms with Gasteiger partial charge in [0.25, 0.3) is 0 Å². The molecule has 1 aromatic rings. The van der Waals surface area contributed by atoms with Crippen LogP contribution in [0.25, 0.3) is 6.08 Å². The smallest absolute Gasteiger partial charge is 0.163 e. The number of rotatable bonds is 3. The summed E-state index contributed by atoms with van der Waals surface area (Å²) in [5, 5.41) is 0. The highest BCUT2D eigenvalue weighted by molar-refractivity contribution is 5.75. The fourth-order valence-corrected chi connectivity index (χ4v) is 2.05. The second kappa shape index (κ2) is 5.67. The molecule has 0 atom stereocenters.